The number of hydrogen-bond donors (Lipinski definition) is 0. The average Bonchev–Trinajstić information content (AvgIpc) is 3.34. The fraction of sp³-hybridized carbons (Fsp3) is 0.600. The number of rotatable bonds is 6. The molecule has 1 aromatic carbocycles. The third kappa shape index (κ3) is 5.66. The topological polar surface area (TPSA) is 89.8 Å². The standard InChI is InChI=1S/C25H32ClF2N5O4/c1-14-6-9-20(34)33(14)12-18-21-15(10-11-32(18)24(35)37-25(2,3)4)16(26)7-8-19(21)36-13-17-22(23(27)28)31(5)30-29-17/h7-8,14,18,23H,6,9-13H2,1-5H3/t14-,18-/m1/s1. The summed E-state index contributed by atoms with van der Waals surface area (Å²) in [6.07, 6.45) is -1.67. The van der Waals surface area contributed by atoms with Gasteiger partial charge in [0.2, 0.25) is 5.91 Å². The Kier molecular flexibility index (Phi) is 7.64. The first-order chi connectivity index (χ1) is 17.4. The van der Waals surface area contributed by atoms with Gasteiger partial charge in [-0.15, -0.1) is 5.10 Å². The second kappa shape index (κ2) is 10.4. The molecule has 4 rings (SSSR count). The van der Waals surface area contributed by atoms with Crippen LogP contribution in [0.2, 0.25) is 5.02 Å². The highest BCUT2D eigenvalue weighted by molar-refractivity contribution is 6.31. The molecule has 9 nitrogen and oxygen atoms in total. The van der Waals surface area contributed by atoms with Crippen molar-refractivity contribution in [2.45, 2.75) is 77.7 Å². The number of halogens is 3. The lowest BCUT2D eigenvalue weighted by Gasteiger charge is -2.41. The second-order valence-electron chi connectivity index (χ2n) is 10.4. The first kappa shape index (κ1) is 27.1. The quantitative estimate of drug-likeness (QED) is 0.522. The maximum atomic E-state index is 13.5. The molecular weight excluding hydrogens is 508 g/mol. The van der Waals surface area contributed by atoms with E-state index in [0.717, 1.165) is 16.7 Å². The number of alkyl halides is 2. The maximum absolute atomic E-state index is 13.5. The molecule has 0 N–H and O–H groups in total. The summed E-state index contributed by atoms with van der Waals surface area (Å²) in [5.41, 5.74) is 0.395. The van der Waals surface area contributed by atoms with Crippen LogP contribution in [0.1, 0.15) is 75.5 Å². The Morgan fingerprint density at radius 3 is 2.62 bits per heavy atom. The number of benzene rings is 1. The van der Waals surface area contributed by atoms with E-state index in [9.17, 15) is 18.4 Å². The predicted octanol–water partition coefficient (Wildman–Crippen LogP) is 4.83. The molecule has 0 bridgehead atoms. The number of likely N-dealkylation sites (tertiary alicyclic amines) is 1. The van der Waals surface area contributed by atoms with E-state index in [1.165, 1.54) is 7.05 Å². The van der Waals surface area contributed by atoms with Crippen LogP contribution in [0.25, 0.3) is 0 Å². The van der Waals surface area contributed by atoms with Gasteiger partial charge < -0.3 is 14.4 Å². The van der Waals surface area contributed by atoms with Gasteiger partial charge in [-0.3, -0.25) is 9.69 Å². The molecule has 1 fully saturated rings. The lowest BCUT2D eigenvalue weighted by Crippen LogP contribution is -2.48. The summed E-state index contributed by atoms with van der Waals surface area (Å²) in [4.78, 5) is 29.3. The van der Waals surface area contributed by atoms with Crippen LogP contribution >= 0.6 is 11.6 Å². The second-order valence-corrected chi connectivity index (χ2v) is 10.9. The number of carbonyl (C=O) groups is 2. The molecule has 0 spiro atoms. The van der Waals surface area contributed by atoms with E-state index in [2.05, 4.69) is 10.3 Å². The number of aryl methyl sites for hydroxylation is 1. The van der Waals surface area contributed by atoms with Crippen molar-refractivity contribution in [3.63, 3.8) is 0 Å². The first-order valence-electron chi connectivity index (χ1n) is 12.3. The highest BCUT2D eigenvalue weighted by atomic mass is 35.5. The lowest BCUT2D eigenvalue weighted by atomic mass is 9.91. The normalized spacial score (nSPS) is 20.0. The SMILES string of the molecule is C[C@@H]1CCC(=O)N1C[C@@H]1c2c(OCc3nnn(C)c3C(F)F)ccc(Cl)c2CCN1C(=O)OC(C)(C)C. The van der Waals surface area contributed by atoms with Gasteiger partial charge in [-0.2, -0.15) is 0 Å². The molecule has 0 aliphatic carbocycles. The molecule has 12 heteroatoms. The lowest BCUT2D eigenvalue weighted by molar-refractivity contribution is -0.129. The number of nitrogens with zero attached hydrogens (tertiary/aromatic N) is 5. The van der Waals surface area contributed by atoms with E-state index in [1.807, 2.05) is 6.92 Å². The highest BCUT2D eigenvalue weighted by Crippen LogP contribution is 2.42. The van der Waals surface area contributed by atoms with Gasteiger partial charge in [0.1, 0.15) is 29.3 Å². The Balaban J connectivity index is 1.73. The largest absolute Gasteiger partial charge is 0.487 e. The van der Waals surface area contributed by atoms with Gasteiger partial charge in [-0.05, 0) is 58.2 Å². The minimum atomic E-state index is -2.77. The van der Waals surface area contributed by atoms with Crippen LogP contribution in [-0.4, -0.2) is 61.5 Å². The van der Waals surface area contributed by atoms with Gasteiger partial charge in [0.25, 0.3) is 6.43 Å². The number of aromatic nitrogens is 3. The first-order valence-corrected chi connectivity index (χ1v) is 12.6. The Labute approximate surface area is 219 Å². The summed E-state index contributed by atoms with van der Waals surface area (Å²) in [7, 11) is 1.39. The number of hydrogen-bond acceptors (Lipinski definition) is 6. The summed E-state index contributed by atoms with van der Waals surface area (Å²) < 4.78 is 39.8. The predicted molar refractivity (Wildman–Crippen MR) is 132 cm³/mol. The third-order valence-electron chi connectivity index (χ3n) is 6.71. The number of fused-ring (bicyclic) bond motifs is 1. The highest BCUT2D eigenvalue weighted by Gasteiger charge is 2.40. The molecule has 2 aliphatic rings. The molecule has 0 saturated carbocycles. The van der Waals surface area contributed by atoms with Crippen LogP contribution in [0.15, 0.2) is 12.1 Å². The molecule has 2 atom stereocenters. The van der Waals surface area contributed by atoms with Crippen LogP contribution in [-0.2, 0) is 29.6 Å². The van der Waals surface area contributed by atoms with E-state index >= 15 is 0 Å². The summed E-state index contributed by atoms with van der Waals surface area (Å²) in [6.45, 7) is 7.66. The zero-order valence-electron chi connectivity index (χ0n) is 21.6. The molecule has 202 valence electrons. The van der Waals surface area contributed by atoms with Crippen LogP contribution in [0, 0.1) is 0 Å². The Morgan fingerprint density at radius 1 is 1.27 bits per heavy atom. The Bertz CT molecular complexity index is 1180. The van der Waals surface area contributed by atoms with Crippen molar-refractivity contribution in [2.75, 3.05) is 13.1 Å². The van der Waals surface area contributed by atoms with Crippen LogP contribution in [0.4, 0.5) is 13.6 Å². The number of amides is 2. The molecule has 0 radical (unpaired) electrons. The molecule has 1 aromatic heterocycles. The monoisotopic (exact) mass is 539 g/mol. The fourth-order valence-electron chi connectivity index (χ4n) is 4.90. The summed E-state index contributed by atoms with van der Waals surface area (Å²) in [5, 5.41) is 8.03. The molecule has 37 heavy (non-hydrogen) atoms. The van der Waals surface area contributed by atoms with Crippen molar-refractivity contribution < 1.29 is 27.8 Å². The zero-order valence-corrected chi connectivity index (χ0v) is 22.4. The summed E-state index contributed by atoms with van der Waals surface area (Å²) in [5.74, 6) is 0.386. The molecule has 2 aromatic rings. The van der Waals surface area contributed by atoms with Crippen LogP contribution in [0.5, 0.6) is 5.75 Å². The van der Waals surface area contributed by atoms with E-state index < -0.39 is 24.2 Å². The zero-order chi connectivity index (χ0) is 27.1. The van der Waals surface area contributed by atoms with Crippen molar-refractivity contribution >= 4 is 23.6 Å². The van der Waals surface area contributed by atoms with Crippen molar-refractivity contribution in [3.05, 3.63) is 39.7 Å². The van der Waals surface area contributed by atoms with Crippen molar-refractivity contribution in [1.29, 1.82) is 0 Å². The summed E-state index contributed by atoms with van der Waals surface area (Å²) in [6, 6.07) is 2.74. The van der Waals surface area contributed by atoms with Crippen LogP contribution < -0.4 is 4.74 Å². The smallest absolute Gasteiger partial charge is 0.410 e. The van der Waals surface area contributed by atoms with Gasteiger partial charge in [0.15, 0.2) is 0 Å². The molecule has 3 heterocycles. The molecule has 2 amide bonds. The van der Waals surface area contributed by atoms with E-state index in [0.29, 0.717) is 35.7 Å². The number of carbonyl (C=O) groups excluding carboxylic acids is 2. The molecule has 1 saturated heterocycles. The Hall–Kier alpha value is -2.95. The summed E-state index contributed by atoms with van der Waals surface area (Å²) >= 11 is 6.58. The van der Waals surface area contributed by atoms with E-state index in [4.69, 9.17) is 21.1 Å². The van der Waals surface area contributed by atoms with Crippen LogP contribution in [0.3, 0.4) is 0 Å². The van der Waals surface area contributed by atoms with Gasteiger partial charge in [0.05, 0.1) is 6.04 Å². The van der Waals surface area contributed by atoms with Gasteiger partial charge in [0, 0.05) is 43.2 Å². The van der Waals surface area contributed by atoms with Crippen molar-refractivity contribution in [1.82, 2.24) is 24.8 Å². The number of ether oxygens (including phenoxy) is 2. The fourth-order valence-corrected chi connectivity index (χ4v) is 5.16. The molecule has 0 unspecified atom stereocenters. The molecular formula is C25H32ClF2N5O4. The van der Waals surface area contributed by atoms with Crippen molar-refractivity contribution in [3.8, 4) is 5.75 Å². The maximum Gasteiger partial charge on any atom is 0.410 e. The minimum Gasteiger partial charge on any atom is -0.487 e. The van der Waals surface area contributed by atoms with E-state index in [-0.39, 0.29) is 36.5 Å². The third-order valence-corrected chi connectivity index (χ3v) is 7.07. The van der Waals surface area contributed by atoms with Gasteiger partial charge in [-0.25, -0.2) is 18.3 Å². The van der Waals surface area contributed by atoms with E-state index in [1.54, 1.807) is 42.7 Å². The van der Waals surface area contributed by atoms with Gasteiger partial charge >= 0.3 is 6.09 Å². The van der Waals surface area contributed by atoms with Crippen molar-refractivity contribution in [2.24, 2.45) is 7.05 Å². The molecule has 2 aliphatic heterocycles. The Morgan fingerprint density at radius 2 is 2.00 bits per heavy atom. The average molecular weight is 540 g/mol. The van der Waals surface area contributed by atoms with Gasteiger partial charge in [-0.1, -0.05) is 16.8 Å². The minimum absolute atomic E-state index is 0.00870.